The molecule has 0 fully saturated rings. The second kappa shape index (κ2) is 8.04. The summed E-state index contributed by atoms with van der Waals surface area (Å²) in [6, 6.07) is 13.3. The molecular formula is C21H25N3O2. The van der Waals surface area contributed by atoms with Crippen LogP contribution in [-0.4, -0.2) is 21.3 Å². The van der Waals surface area contributed by atoms with Gasteiger partial charge >= 0.3 is 0 Å². The van der Waals surface area contributed by atoms with Crippen molar-refractivity contribution in [3.05, 3.63) is 66.1 Å². The van der Waals surface area contributed by atoms with Gasteiger partial charge in [0.05, 0.1) is 5.69 Å². The van der Waals surface area contributed by atoms with Crippen LogP contribution >= 0.6 is 0 Å². The highest BCUT2D eigenvalue weighted by Gasteiger charge is 2.15. The molecule has 3 aromatic rings. The van der Waals surface area contributed by atoms with Gasteiger partial charge in [0, 0.05) is 24.0 Å². The highest BCUT2D eigenvalue weighted by atomic mass is 16.5. The zero-order valence-electron chi connectivity index (χ0n) is 15.5. The van der Waals surface area contributed by atoms with E-state index in [-0.39, 0.29) is 11.9 Å². The molecule has 2 heterocycles. The Morgan fingerprint density at radius 3 is 2.81 bits per heavy atom. The molecule has 0 bridgehead atoms. The predicted molar refractivity (Wildman–Crippen MR) is 102 cm³/mol. The second-order valence-corrected chi connectivity index (χ2v) is 6.75. The van der Waals surface area contributed by atoms with Crippen LogP contribution < -0.4 is 10.1 Å². The molecule has 0 aliphatic carbocycles. The molecule has 1 aromatic carbocycles. The van der Waals surface area contributed by atoms with Crippen LogP contribution in [0.25, 0.3) is 5.65 Å². The van der Waals surface area contributed by atoms with E-state index in [0.717, 1.165) is 17.8 Å². The highest BCUT2D eigenvalue weighted by molar-refractivity contribution is 5.94. The molecule has 3 rings (SSSR count). The topological polar surface area (TPSA) is 55.6 Å². The molecule has 0 spiro atoms. The normalized spacial score (nSPS) is 12.3. The monoisotopic (exact) mass is 351 g/mol. The summed E-state index contributed by atoms with van der Waals surface area (Å²) in [5.74, 6) is 0.995. The number of amides is 1. The SMILES string of the molecule is CCC(NC(=O)c1cccc(OCc2cn3ccccc3n2)c1)C(C)C. The molecule has 2 aromatic heterocycles. The van der Waals surface area contributed by atoms with Crippen LogP contribution in [0.15, 0.2) is 54.9 Å². The van der Waals surface area contributed by atoms with Gasteiger partial charge in [0.2, 0.25) is 0 Å². The second-order valence-electron chi connectivity index (χ2n) is 6.75. The van der Waals surface area contributed by atoms with Crippen LogP contribution in [0, 0.1) is 5.92 Å². The molecule has 1 N–H and O–H groups in total. The molecule has 0 radical (unpaired) electrons. The number of carbonyl (C=O) groups excluding carboxylic acids is 1. The molecule has 1 amide bonds. The van der Waals surface area contributed by atoms with Crippen LogP contribution in [0.3, 0.4) is 0 Å². The molecule has 0 aliphatic rings. The number of nitrogens with one attached hydrogen (secondary N) is 1. The van der Waals surface area contributed by atoms with Crippen LogP contribution in [-0.2, 0) is 6.61 Å². The van der Waals surface area contributed by atoms with Crippen molar-refractivity contribution in [1.82, 2.24) is 14.7 Å². The average molecular weight is 351 g/mol. The lowest BCUT2D eigenvalue weighted by molar-refractivity contribution is 0.0924. The summed E-state index contributed by atoms with van der Waals surface area (Å²) in [6.45, 7) is 6.67. The molecule has 0 saturated heterocycles. The number of ether oxygens (including phenoxy) is 1. The van der Waals surface area contributed by atoms with E-state index in [1.165, 1.54) is 0 Å². The van der Waals surface area contributed by atoms with Gasteiger partial charge in [0.1, 0.15) is 18.0 Å². The minimum atomic E-state index is -0.0660. The maximum atomic E-state index is 12.5. The summed E-state index contributed by atoms with van der Waals surface area (Å²) in [6.07, 6.45) is 4.81. The van der Waals surface area contributed by atoms with Crippen LogP contribution in [0.2, 0.25) is 0 Å². The van der Waals surface area contributed by atoms with E-state index in [1.807, 2.05) is 47.1 Å². The summed E-state index contributed by atoms with van der Waals surface area (Å²) < 4.78 is 7.79. The first-order valence-corrected chi connectivity index (χ1v) is 9.03. The molecule has 0 saturated carbocycles. The van der Waals surface area contributed by atoms with Gasteiger partial charge in [-0.25, -0.2) is 4.98 Å². The lowest BCUT2D eigenvalue weighted by Gasteiger charge is -2.20. The van der Waals surface area contributed by atoms with Crippen molar-refractivity contribution in [3.63, 3.8) is 0 Å². The molecule has 5 heteroatoms. The Kier molecular flexibility index (Phi) is 5.56. The Morgan fingerprint density at radius 2 is 2.08 bits per heavy atom. The van der Waals surface area contributed by atoms with Crippen molar-refractivity contribution in [1.29, 1.82) is 0 Å². The lowest BCUT2D eigenvalue weighted by atomic mass is 10.0. The number of carbonyl (C=O) groups is 1. The number of rotatable bonds is 7. The molecular weight excluding hydrogens is 326 g/mol. The van der Waals surface area contributed by atoms with Gasteiger partial charge in [-0.15, -0.1) is 0 Å². The molecule has 5 nitrogen and oxygen atoms in total. The van der Waals surface area contributed by atoms with E-state index < -0.39 is 0 Å². The molecule has 26 heavy (non-hydrogen) atoms. The predicted octanol–water partition coefficient (Wildman–Crippen LogP) is 4.08. The molecule has 0 aliphatic heterocycles. The minimum Gasteiger partial charge on any atom is -0.487 e. The summed E-state index contributed by atoms with van der Waals surface area (Å²) in [4.78, 5) is 17.0. The van der Waals surface area contributed by atoms with Gasteiger partial charge in [0.15, 0.2) is 0 Å². The third-order valence-corrected chi connectivity index (χ3v) is 4.46. The van der Waals surface area contributed by atoms with Crippen LogP contribution in [0.5, 0.6) is 5.75 Å². The van der Waals surface area contributed by atoms with Crippen molar-refractivity contribution >= 4 is 11.6 Å². The van der Waals surface area contributed by atoms with Crippen molar-refractivity contribution in [2.24, 2.45) is 5.92 Å². The van der Waals surface area contributed by atoms with Crippen molar-refractivity contribution in [2.75, 3.05) is 0 Å². The summed E-state index contributed by atoms with van der Waals surface area (Å²) >= 11 is 0. The first kappa shape index (κ1) is 18.0. The van der Waals surface area contributed by atoms with E-state index in [0.29, 0.717) is 23.8 Å². The Hall–Kier alpha value is -2.82. The van der Waals surface area contributed by atoms with E-state index in [4.69, 9.17) is 4.74 Å². The van der Waals surface area contributed by atoms with Gasteiger partial charge in [-0.1, -0.05) is 32.9 Å². The smallest absolute Gasteiger partial charge is 0.251 e. The fourth-order valence-corrected chi connectivity index (χ4v) is 2.93. The summed E-state index contributed by atoms with van der Waals surface area (Å²) in [5, 5.41) is 3.09. The number of fused-ring (bicyclic) bond motifs is 1. The maximum Gasteiger partial charge on any atom is 0.251 e. The number of nitrogens with zero attached hydrogens (tertiary/aromatic N) is 2. The fraction of sp³-hybridized carbons (Fsp3) is 0.333. The van der Waals surface area contributed by atoms with Gasteiger partial charge in [-0.05, 0) is 42.7 Å². The number of pyridine rings is 1. The first-order chi connectivity index (χ1) is 12.6. The average Bonchev–Trinajstić information content (AvgIpc) is 3.07. The fourth-order valence-electron chi connectivity index (χ4n) is 2.93. The molecule has 1 unspecified atom stereocenters. The van der Waals surface area contributed by atoms with Crippen LogP contribution in [0.4, 0.5) is 0 Å². The number of aromatic nitrogens is 2. The van der Waals surface area contributed by atoms with Gasteiger partial charge in [-0.3, -0.25) is 4.79 Å². The van der Waals surface area contributed by atoms with E-state index in [2.05, 4.69) is 31.1 Å². The van der Waals surface area contributed by atoms with Gasteiger partial charge in [-0.2, -0.15) is 0 Å². The standard InChI is InChI=1S/C21H25N3O2/c1-4-19(15(2)3)23-21(25)16-8-7-9-18(12-16)26-14-17-13-24-11-6-5-10-20(24)22-17/h5-13,15,19H,4,14H2,1-3H3,(H,23,25). The van der Waals surface area contributed by atoms with Gasteiger partial charge < -0.3 is 14.5 Å². The minimum absolute atomic E-state index is 0.0660. The third kappa shape index (κ3) is 4.23. The highest BCUT2D eigenvalue weighted by Crippen LogP contribution is 2.16. The third-order valence-electron chi connectivity index (χ3n) is 4.46. The Labute approximate surface area is 154 Å². The van der Waals surface area contributed by atoms with Crippen LogP contribution in [0.1, 0.15) is 43.2 Å². The largest absolute Gasteiger partial charge is 0.487 e. The van der Waals surface area contributed by atoms with E-state index in [1.54, 1.807) is 12.1 Å². The number of imidazole rings is 1. The Bertz CT molecular complexity index is 853. The summed E-state index contributed by atoms with van der Waals surface area (Å²) in [7, 11) is 0. The lowest BCUT2D eigenvalue weighted by Crippen LogP contribution is -2.37. The number of hydrogen-bond donors (Lipinski definition) is 1. The zero-order valence-corrected chi connectivity index (χ0v) is 15.5. The van der Waals surface area contributed by atoms with Gasteiger partial charge in [0.25, 0.3) is 5.91 Å². The Balaban J connectivity index is 1.66. The van der Waals surface area contributed by atoms with E-state index >= 15 is 0 Å². The van der Waals surface area contributed by atoms with Crippen molar-refractivity contribution in [3.8, 4) is 5.75 Å². The van der Waals surface area contributed by atoms with E-state index in [9.17, 15) is 4.79 Å². The summed E-state index contributed by atoms with van der Waals surface area (Å²) in [5.41, 5.74) is 2.34. The quantitative estimate of drug-likeness (QED) is 0.698. The maximum absolute atomic E-state index is 12.5. The molecule has 1 atom stereocenters. The number of benzene rings is 1. The zero-order chi connectivity index (χ0) is 18.5. The van der Waals surface area contributed by atoms with Crippen molar-refractivity contribution in [2.45, 2.75) is 39.8 Å². The number of hydrogen-bond acceptors (Lipinski definition) is 3. The molecule has 136 valence electrons. The Morgan fingerprint density at radius 1 is 1.23 bits per heavy atom. The first-order valence-electron chi connectivity index (χ1n) is 9.03. The van der Waals surface area contributed by atoms with Crippen molar-refractivity contribution < 1.29 is 9.53 Å².